The summed E-state index contributed by atoms with van der Waals surface area (Å²) in [5, 5.41) is 0.476. The first-order valence-corrected chi connectivity index (χ1v) is 9.12. The fraction of sp³-hybridized carbons (Fsp3) is 0.300. The Morgan fingerprint density at radius 2 is 1.79 bits per heavy atom. The van der Waals surface area contributed by atoms with Gasteiger partial charge < -0.3 is 20.0 Å². The summed E-state index contributed by atoms with van der Waals surface area (Å²) >= 11 is 0. The normalized spacial score (nSPS) is 17.8. The van der Waals surface area contributed by atoms with Crippen molar-refractivity contribution < 1.29 is 22.9 Å². The Kier molecular flexibility index (Phi) is 4.29. The molecule has 1 aliphatic heterocycles. The number of ketones is 1. The highest BCUT2D eigenvalue weighted by Crippen LogP contribution is 2.36. The number of pyridine rings is 1. The molecule has 3 aromatic rings. The summed E-state index contributed by atoms with van der Waals surface area (Å²) in [5.41, 5.74) is 4.59. The van der Waals surface area contributed by atoms with E-state index in [0.29, 0.717) is 16.5 Å². The van der Waals surface area contributed by atoms with Gasteiger partial charge in [-0.15, -0.1) is 0 Å². The third kappa shape index (κ3) is 3.01. The maximum atomic E-state index is 14.3. The van der Waals surface area contributed by atoms with Gasteiger partial charge in [-0.25, -0.2) is 13.8 Å². The van der Waals surface area contributed by atoms with Crippen LogP contribution in [0.5, 0.6) is 0 Å². The minimum absolute atomic E-state index is 0.191. The first kappa shape index (κ1) is 19.5. The third-order valence-corrected chi connectivity index (χ3v) is 5.69. The van der Waals surface area contributed by atoms with Crippen LogP contribution in [0.15, 0.2) is 30.6 Å². The van der Waals surface area contributed by atoms with Gasteiger partial charge in [0.2, 0.25) is 0 Å². The number of nitrogens with two attached hydrogens (primary N) is 1. The fourth-order valence-corrected chi connectivity index (χ4v) is 3.21. The largest absolute Gasteiger partial charge is 0.496 e. The van der Waals surface area contributed by atoms with Gasteiger partial charge in [0.05, 0.1) is 16.8 Å². The van der Waals surface area contributed by atoms with Gasteiger partial charge in [-0.1, -0.05) is 0 Å². The zero-order valence-electron chi connectivity index (χ0n) is 16.5. The number of hydrogen-bond acceptors (Lipinski definition) is 5. The van der Waals surface area contributed by atoms with Crippen molar-refractivity contribution >= 4 is 35.1 Å². The molecular formula is C20H20BF2N3O3. The van der Waals surface area contributed by atoms with E-state index in [1.54, 1.807) is 12.3 Å². The van der Waals surface area contributed by atoms with E-state index in [9.17, 15) is 13.6 Å². The number of carbonyl (C=O) groups is 1. The summed E-state index contributed by atoms with van der Waals surface area (Å²) < 4.78 is 39.9. The van der Waals surface area contributed by atoms with E-state index >= 15 is 0 Å². The Balaban J connectivity index is 1.76. The van der Waals surface area contributed by atoms with E-state index in [1.165, 1.54) is 6.20 Å². The zero-order chi connectivity index (χ0) is 21.1. The van der Waals surface area contributed by atoms with Crippen molar-refractivity contribution in [3.8, 4) is 0 Å². The second-order valence-corrected chi connectivity index (χ2v) is 8.11. The molecule has 1 aliphatic rings. The van der Waals surface area contributed by atoms with Gasteiger partial charge in [0, 0.05) is 28.8 Å². The monoisotopic (exact) mass is 399 g/mol. The van der Waals surface area contributed by atoms with Gasteiger partial charge in [-0.3, -0.25) is 4.79 Å². The average Bonchev–Trinajstić information content (AvgIpc) is 3.16. The highest BCUT2D eigenvalue weighted by atomic mass is 19.1. The lowest BCUT2D eigenvalue weighted by Gasteiger charge is -2.32. The summed E-state index contributed by atoms with van der Waals surface area (Å²) in [6.07, 6.45) is 3.04. The van der Waals surface area contributed by atoms with Gasteiger partial charge in [-0.2, -0.15) is 0 Å². The van der Waals surface area contributed by atoms with Gasteiger partial charge in [0.25, 0.3) is 0 Å². The SMILES string of the molecule is CC1(C)OB(c2cnc3[nH]cc(C(=O)c4ccc(F)c(N)c4F)c3c2)OC1(C)C. The van der Waals surface area contributed by atoms with Crippen molar-refractivity contribution in [3.63, 3.8) is 0 Å². The smallest absolute Gasteiger partial charge is 0.399 e. The molecule has 0 radical (unpaired) electrons. The molecule has 1 saturated heterocycles. The van der Waals surface area contributed by atoms with E-state index in [1.807, 2.05) is 27.7 Å². The van der Waals surface area contributed by atoms with E-state index in [0.717, 1.165) is 12.1 Å². The molecule has 0 atom stereocenters. The molecule has 3 heterocycles. The number of halogens is 2. The van der Waals surface area contributed by atoms with Crippen LogP contribution in [-0.2, 0) is 9.31 Å². The van der Waals surface area contributed by atoms with Crippen molar-refractivity contribution in [3.05, 3.63) is 53.4 Å². The van der Waals surface area contributed by atoms with Crippen LogP contribution < -0.4 is 11.2 Å². The fourth-order valence-electron chi connectivity index (χ4n) is 3.21. The molecule has 6 nitrogen and oxygen atoms in total. The number of nitrogens with one attached hydrogen (secondary N) is 1. The van der Waals surface area contributed by atoms with Gasteiger partial charge in [0.1, 0.15) is 17.2 Å². The lowest BCUT2D eigenvalue weighted by molar-refractivity contribution is 0.00578. The van der Waals surface area contributed by atoms with E-state index in [-0.39, 0.29) is 11.1 Å². The Morgan fingerprint density at radius 1 is 1.14 bits per heavy atom. The summed E-state index contributed by atoms with van der Waals surface area (Å²) in [7, 11) is -0.659. The first-order valence-electron chi connectivity index (χ1n) is 9.12. The number of benzene rings is 1. The number of H-pyrrole nitrogens is 1. The molecule has 2 aromatic heterocycles. The highest BCUT2D eigenvalue weighted by molar-refractivity contribution is 6.62. The summed E-state index contributed by atoms with van der Waals surface area (Å²) in [4.78, 5) is 20.1. The number of carbonyl (C=O) groups excluding carboxylic acids is 1. The third-order valence-electron chi connectivity index (χ3n) is 5.69. The zero-order valence-corrected chi connectivity index (χ0v) is 16.5. The molecule has 1 fully saturated rings. The van der Waals surface area contributed by atoms with Crippen molar-refractivity contribution in [1.29, 1.82) is 0 Å². The molecule has 0 spiro atoms. The number of aromatic nitrogens is 2. The topological polar surface area (TPSA) is 90.2 Å². The molecule has 0 amide bonds. The maximum absolute atomic E-state index is 14.3. The van der Waals surface area contributed by atoms with Crippen LogP contribution in [0.2, 0.25) is 0 Å². The predicted molar refractivity (Wildman–Crippen MR) is 106 cm³/mol. The lowest BCUT2D eigenvalue weighted by Crippen LogP contribution is -2.41. The van der Waals surface area contributed by atoms with Crippen LogP contribution in [0.25, 0.3) is 11.0 Å². The molecule has 1 aromatic carbocycles. The van der Waals surface area contributed by atoms with Crippen molar-refractivity contribution in [1.82, 2.24) is 9.97 Å². The molecule has 0 bridgehead atoms. The maximum Gasteiger partial charge on any atom is 0.496 e. The molecule has 0 unspecified atom stereocenters. The summed E-state index contributed by atoms with van der Waals surface area (Å²) in [6.45, 7) is 7.75. The Morgan fingerprint density at radius 3 is 2.45 bits per heavy atom. The quantitative estimate of drug-likeness (QED) is 0.402. The van der Waals surface area contributed by atoms with Crippen LogP contribution >= 0.6 is 0 Å². The predicted octanol–water partition coefficient (Wildman–Crippen LogP) is 2.95. The Bertz CT molecular complexity index is 1130. The van der Waals surface area contributed by atoms with Crippen LogP contribution in [-0.4, -0.2) is 34.1 Å². The second kappa shape index (κ2) is 6.37. The molecular weight excluding hydrogens is 379 g/mol. The number of aromatic amines is 1. The average molecular weight is 399 g/mol. The van der Waals surface area contributed by atoms with Crippen LogP contribution in [0, 0.1) is 11.6 Å². The van der Waals surface area contributed by atoms with Crippen molar-refractivity contribution in [2.24, 2.45) is 0 Å². The van der Waals surface area contributed by atoms with Crippen LogP contribution in [0.4, 0.5) is 14.5 Å². The molecule has 4 rings (SSSR count). The molecule has 0 saturated carbocycles. The van der Waals surface area contributed by atoms with E-state index in [4.69, 9.17) is 15.0 Å². The minimum Gasteiger partial charge on any atom is -0.399 e. The number of fused-ring (bicyclic) bond motifs is 1. The van der Waals surface area contributed by atoms with Crippen LogP contribution in [0.1, 0.15) is 43.6 Å². The molecule has 3 N–H and O–H groups in total. The number of rotatable bonds is 3. The molecule has 150 valence electrons. The summed E-state index contributed by atoms with van der Waals surface area (Å²) in [5.74, 6) is -2.63. The number of nitrogens with zero attached hydrogens (tertiary/aromatic N) is 1. The lowest BCUT2D eigenvalue weighted by atomic mass is 9.79. The highest BCUT2D eigenvalue weighted by Gasteiger charge is 2.51. The molecule has 29 heavy (non-hydrogen) atoms. The first-order chi connectivity index (χ1) is 13.5. The minimum atomic E-state index is -1.08. The number of nitrogen functional groups attached to an aromatic ring is 1. The summed E-state index contributed by atoms with van der Waals surface area (Å²) in [6, 6.07) is 3.77. The van der Waals surface area contributed by atoms with E-state index < -0.39 is 41.4 Å². The molecule has 0 aliphatic carbocycles. The van der Waals surface area contributed by atoms with Crippen molar-refractivity contribution in [2.75, 3.05) is 5.73 Å². The molecule has 9 heteroatoms. The number of anilines is 1. The Hall–Kier alpha value is -2.78. The van der Waals surface area contributed by atoms with Crippen LogP contribution in [0.3, 0.4) is 0 Å². The van der Waals surface area contributed by atoms with E-state index in [2.05, 4.69) is 9.97 Å². The number of hydrogen-bond donors (Lipinski definition) is 2. The van der Waals surface area contributed by atoms with Gasteiger partial charge in [-0.05, 0) is 45.9 Å². The van der Waals surface area contributed by atoms with Gasteiger partial charge in [0.15, 0.2) is 11.6 Å². The standard InChI is InChI=1S/C20H20BF2N3O3/c1-19(2)20(3,4)29-21(28-19)10-7-12-13(9-26-18(12)25-8-10)17(27)11-5-6-14(22)16(24)15(11)23/h5-9H,24H2,1-4H3,(H,25,26). The second-order valence-electron chi connectivity index (χ2n) is 8.11. The Labute approximate surface area is 166 Å². The van der Waals surface area contributed by atoms with Crippen molar-refractivity contribution in [2.45, 2.75) is 38.9 Å². The van der Waals surface area contributed by atoms with Gasteiger partial charge >= 0.3 is 7.12 Å².